The minimum Gasteiger partial charge on any atom is -0.444 e. The fourth-order valence-corrected chi connectivity index (χ4v) is 5.29. The van der Waals surface area contributed by atoms with Gasteiger partial charge < -0.3 is 10.1 Å². The summed E-state index contributed by atoms with van der Waals surface area (Å²) in [6, 6.07) is 4.59. The highest BCUT2D eigenvalue weighted by Crippen LogP contribution is 2.40. The first-order chi connectivity index (χ1) is 16.9. The number of urea groups is 1. The number of halogens is 1. The maximum atomic E-state index is 14.1. The van der Waals surface area contributed by atoms with E-state index in [1.54, 1.807) is 45.9 Å². The van der Waals surface area contributed by atoms with E-state index in [-0.39, 0.29) is 23.0 Å². The quantitative estimate of drug-likeness (QED) is 0.615. The van der Waals surface area contributed by atoms with Crippen molar-refractivity contribution in [3.63, 3.8) is 0 Å². The van der Waals surface area contributed by atoms with E-state index in [1.807, 2.05) is 6.92 Å². The molecule has 0 radical (unpaired) electrons. The number of benzene rings is 1. The third kappa shape index (κ3) is 4.57. The van der Waals surface area contributed by atoms with Gasteiger partial charge in [0.2, 0.25) is 0 Å². The van der Waals surface area contributed by atoms with Crippen molar-refractivity contribution in [1.29, 1.82) is 0 Å². The molecule has 2 saturated heterocycles. The Bertz CT molecular complexity index is 1170. The van der Waals surface area contributed by atoms with Crippen LogP contribution in [0.2, 0.25) is 5.02 Å². The molecule has 2 fully saturated rings. The highest BCUT2D eigenvalue weighted by Gasteiger charge is 2.64. The van der Waals surface area contributed by atoms with Crippen molar-refractivity contribution in [2.24, 2.45) is 0 Å². The molecule has 2 aromatic rings. The van der Waals surface area contributed by atoms with Gasteiger partial charge >= 0.3 is 18.0 Å². The number of nitrogens with one attached hydrogen (secondary N) is 1. The van der Waals surface area contributed by atoms with Crippen molar-refractivity contribution >= 4 is 29.6 Å². The molecule has 4 amide bonds. The van der Waals surface area contributed by atoms with Crippen molar-refractivity contribution in [3.05, 3.63) is 35.1 Å². The van der Waals surface area contributed by atoms with Gasteiger partial charge in [-0.1, -0.05) is 11.6 Å². The number of hydrogen-bond acceptors (Lipinski definition) is 7. The topological polar surface area (TPSA) is 119 Å². The average molecular weight is 519 g/mol. The largest absolute Gasteiger partial charge is 0.444 e. The highest BCUT2D eigenvalue weighted by molar-refractivity contribution is 6.30. The summed E-state index contributed by atoms with van der Waals surface area (Å²) in [5, 5.41) is 14.7. The molecule has 1 N–H and O–H groups in total. The minimum atomic E-state index is -1.12. The molecule has 2 aliphatic rings. The Labute approximate surface area is 215 Å². The van der Waals surface area contributed by atoms with Crippen LogP contribution in [0.4, 0.5) is 9.59 Å². The van der Waals surface area contributed by atoms with Gasteiger partial charge in [-0.25, -0.2) is 19.1 Å². The molecule has 4 rings (SSSR count). The van der Waals surface area contributed by atoms with E-state index in [1.165, 1.54) is 15.9 Å². The molecule has 12 heteroatoms. The fourth-order valence-electron chi connectivity index (χ4n) is 5.10. The lowest BCUT2D eigenvalue weighted by Gasteiger charge is -2.50. The number of ether oxygens (including phenoxy) is 1. The van der Waals surface area contributed by atoms with Crippen LogP contribution >= 0.6 is 11.6 Å². The summed E-state index contributed by atoms with van der Waals surface area (Å²) in [7, 11) is 0. The van der Waals surface area contributed by atoms with Crippen molar-refractivity contribution < 1.29 is 23.6 Å². The number of imide groups is 1. The third-order valence-corrected chi connectivity index (χ3v) is 7.41. The molecule has 0 aliphatic carbocycles. The molecule has 3 atom stereocenters. The molecule has 1 aromatic carbocycles. The normalized spacial score (nSPS) is 25.8. The number of carbonyl (C=O) groups is 3. The summed E-state index contributed by atoms with van der Waals surface area (Å²) in [6.07, 6.45) is 2.85. The first-order valence-corrected chi connectivity index (χ1v) is 12.5. The van der Waals surface area contributed by atoms with Crippen molar-refractivity contribution in [2.45, 2.75) is 77.6 Å². The van der Waals surface area contributed by atoms with Crippen LogP contribution in [-0.2, 0) is 16.1 Å². The number of likely N-dealkylation sites (tertiary alicyclic amines) is 2. The van der Waals surface area contributed by atoms with E-state index in [2.05, 4.69) is 20.8 Å². The monoisotopic (exact) mass is 518 g/mol. The van der Waals surface area contributed by atoms with Gasteiger partial charge in [0.1, 0.15) is 18.0 Å². The molecule has 36 heavy (non-hydrogen) atoms. The molecule has 0 saturated carbocycles. The van der Waals surface area contributed by atoms with Crippen LogP contribution in [0.1, 0.15) is 59.4 Å². The number of hydrogen-bond donors (Lipinski definition) is 1. The van der Waals surface area contributed by atoms with Crippen LogP contribution in [0.25, 0.3) is 5.69 Å². The van der Waals surface area contributed by atoms with Gasteiger partial charge in [0.25, 0.3) is 0 Å². The average Bonchev–Trinajstić information content (AvgIpc) is 3.45. The second kappa shape index (κ2) is 9.44. The number of carbonyl (C=O) groups excluding carboxylic acids is 3. The van der Waals surface area contributed by atoms with E-state index in [0.29, 0.717) is 35.8 Å². The lowest BCUT2D eigenvalue weighted by Crippen LogP contribution is -2.75. The van der Waals surface area contributed by atoms with Crippen molar-refractivity contribution in [1.82, 2.24) is 30.4 Å². The maximum absolute atomic E-state index is 14.1. The highest BCUT2D eigenvalue weighted by atomic mass is 35.5. The van der Waals surface area contributed by atoms with Crippen molar-refractivity contribution in [3.8, 4) is 5.69 Å². The molecular formula is C24H33ClN7O4+. The van der Waals surface area contributed by atoms with Crippen LogP contribution in [-0.4, -0.2) is 77.9 Å². The second-order valence-corrected chi connectivity index (χ2v) is 11.2. The van der Waals surface area contributed by atoms with Crippen LogP contribution in [0.5, 0.6) is 0 Å². The van der Waals surface area contributed by atoms with E-state index in [0.717, 1.165) is 12.8 Å². The maximum Gasteiger partial charge on any atom is 0.424 e. The predicted octanol–water partition coefficient (Wildman–Crippen LogP) is 3.45. The Hall–Kier alpha value is -3.05. The Kier molecular flexibility index (Phi) is 6.82. The number of quaternary nitrogens is 1. The summed E-state index contributed by atoms with van der Waals surface area (Å²) in [5.74, 6) is -0.283. The first kappa shape index (κ1) is 26.0. The Morgan fingerprint density at radius 3 is 2.61 bits per heavy atom. The van der Waals surface area contributed by atoms with Gasteiger partial charge in [0.05, 0.1) is 18.8 Å². The van der Waals surface area contributed by atoms with Gasteiger partial charge in [0, 0.05) is 30.8 Å². The predicted molar refractivity (Wildman–Crippen MR) is 131 cm³/mol. The number of tetrazole rings is 1. The minimum absolute atomic E-state index is 0.126. The summed E-state index contributed by atoms with van der Waals surface area (Å²) in [6.45, 7) is 9.91. The third-order valence-electron chi connectivity index (χ3n) is 7.17. The van der Waals surface area contributed by atoms with Crippen LogP contribution in [0.15, 0.2) is 24.5 Å². The fraction of sp³-hybridized carbons (Fsp3) is 0.583. The molecule has 2 unspecified atom stereocenters. The van der Waals surface area contributed by atoms with Crippen LogP contribution in [0.3, 0.4) is 0 Å². The van der Waals surface area contributed by atoms with Crippen LogP contribution < -0.4 is 5.32 Å². The molecule has 3 heterocycles. The van der Waals surface area contributed by atoms with Gasteiger partial charge in [-0.05, 0) is 68.8 Å². The van der Waals surface area contributed by atoms with Gasteiger partial charge in [-0.3, -0.25) is 4.90 Å². The van der Waals surface area contributed by atoms with E-state index >= 15 is 0 Å². The first-order valence-electron chi connectivity index (χ1n) is 12.1. The zero-order valence-electron chi connectivity index (χ0n) is 21.3. The standard InChI is InChI=1S/C24H32ClN7O4/c1-16-7-6-12-32(16,20(33)24(5)10-11-30(24)22(35)36-23(2,3)4)21(34)26-14-17-13-18(25)8-9-19(17)31-15-27-28-29-31/h8-9,13,15-16H,6-7,10-12,14H2,1-5H3/p+1/t16-,24?,32?/m1/s1. The van der Waals surface area contributed by atoms with Crippen molar-refractivity contribution in [2.75, 3.05) is 13.1 Å². The Morgan fingerprint density at radius 1 is 1.31 bits per heavy atom. The van der Waals surface area contributed by atoms with Gasteiger partial charge in [-0.15, -0.1) is 5.10 Å². The molecule has 0 bridgehead atoms. The number of rotatable bonds is 4. The number of aromatic nitrogens is 4. The van der Waals surface area contributed by atoms with E-state index < -0.39 is 23.3 Å². The lowest BCUT2D eigenvalue weighted by molar-refractivity contribution is -0.788. The van der Waals surface area contributed by atoms with E-state index in [9.17, 15) is 14.4 Å². The molecule has 0 spiro atoms. The molecule has 1 aromatic heterocycles. The Balaban J connectivity index is 1.58. The van der Waals surface area contributed by atoms with Crippen LogP contribution in [0, 0.1) is 0 Å². The zero-order valence-corrected chi connectivity index (χ0v) is 22.1. The summed E-state index contributed by atoms with van der Waals surface area (Å²) < 4.78 is 6.65. The molecular weight excluding hydrogens is 486 g/mol. The summed E-state index contributed by atoms with van der Waals surface area (Å²) in [5.41, 5.74) is -0.439. The second-order valence-electron chi connectivity index (χ2n) is 10.7. The summed E-state index contributed by atoms with van der Waals surface area (Å²) in [4.78, 5) is 42.2. The van der Waals surface area contributed by atoms with Gasteiger partial charge in [0.15, 0.2) is 5.54 Å². The summed E-state index contributed by atoms with van der Waals surface area (Å²) >= 11 is 6.22. The SMILES string of the molecule is C[C@@H]1CCC[N+]1(C(=O)NCc1cc(Cl)ccc1-n1cnnn1)C(=O)C1(C)CCN1C(=O)OC(C)(C)C. The number of amides is 4. The zero-order chi connectivity index (χ0) is 26.3. The molecule has 2 aliphatic heterocycles. The van der Waals surface area contributed by atoms with E-state index in [4.69, 9.17) is 16.3 Å². The van der Waals surface area contributed by atoms with Gasteiger partial charge in [-0.2, -0.15) is 4.48 Å². The number of nitrogens with zero attached hydrogens (tertiary/aromatic N) is 6. The lowest BCUT2D eigenvalue weighted by atomic mass is 9.84. The molecule has 194 valence electrons. The smallest absolute Gasteiger partial charge is 0.424 e. The Morgan fingerprint density at radius 2 is 2.06 bits per heavy atom. The molecule has 11 nitrogen and oxygen atoms in total.